The van der Waals surface area contributed by atoms with Gasteiger partial charge in [-0.3, -0.25) is 9.59 Å². The Hall–Kier alpha value is -0.700. The number of fused-ring (bicyclic) bond motifs is 5. The molecule has 0 heterocycles. The zero-order valence-electron chi connectivity index (χ0n) is 24.6. The molecule has 0 spiro atoms. The summed E-state index contributed by atoms with van der Waals surface area (Å²) < 4.78 is 0. The molecule has 0 radical (unpaired) electrons. The first-order chi connectivity index (χ1) is 15.8. The van der Waals surface area contributed by atoms with Crippen LogP contribution in [0.2, 0.25) is 0 Å². The molecular formula is C32H54O3. The lowest BCUT2D eigenvalue weighted by atomic mass is 9.28. The predicted octanol–water partition coefficient (Wildman–Crippen LogP) is 7.78. The largest absolute Gasteiger partial charge is 0.383 e. The molecule has 0 aromatic carbocycles. The number of Topliss-reactive ketones (excluding diaryl/α,β-unsaturated/α-hetero) is 2. The fourth-order valence-corrected chi connectivity index (χ4v) is 11.1. The molecule has 200 valence electrons. The summed E-state index contributed by atoms with van der Waals surface area (Å²) in [5, 5.41) is 10.1. The summed E-state index contributed by atoms with van der Waals surface area (Å²) >= 11 is 0. The number of hydrogen-bond acceptors (Lipinski definition) is 3. The smallest absolute Gasteiger partial charge is 0.163 e. The van der Waals surface area contributed by atoms with Gasteiger partial charge in [0.2, 0.25) is 0 Å². The average molecular weight is 487 g/mol. The Morgan fingerprint density at radius 3 is 2.06 bits per heavy atom. The van der Waals surface area contributed by atoms with E-state index in [2.05, 4.69) is 55.4 Å². The molecule has 0 bridgehead atoms. The Bertz CT molecular complexity index is 897. The lowest BCUT2D eigenvalue weighted by molar-refractivity contribution is -0.273. The summed E-state index contributed by atoms with van der Waals surface area (Å²) in [6.45, 7) is 23.1. The Kier molecular flexibility index (Phi) is 6.17. The number of carbonyl (C=O) groups is 2. The summed E-state index contributed by atoms with van der Waals surface area (Å²) in [7, 11) is 0. The van der Waals surface area contributed by atoms with Crippen LogP contribution >= 0.6 is 0 Å². The molecule has 0 amide bonds. The maximum atomic E-state index is 13.0. The second-order valence-corrected chi connectivity index (χ2v) is 15.7. The molecule has 0 aromatic heterocycles. The van der Waals surface area contributed by atoms with E-state index < -0.39 is 5.60 Å². The molecule has 4 saturated carbocycles. The van der Waals surface area contributed by atoms with E-state index in [1.807, 2.05) is 0 Å². The quantitative estimate of drug-likeness (QED) is 0.432. The SMILES string of the molecule is CC(CCC(=O)C(C)(C)O)C1CC[C@@]2(C)C3(C)CC[C@H]4C(C)(C)C(=O)CC[C@]4(C)C3(C)CC[C@]12C. The molecular weight excluding hydrogens is 432 g/mol. The molecule has 1 N–H and O–H groups in total. The highest BCUT2D eigenvalue weighted by atomic mass is 16.3. The second kappa shape index (κ2) is 7.90. The number of carbonyl (C=O) groups excluding carboxylic acids is 2. The molecule has 3 heteroatoms. The molecule has 0 aliphatic heterocycles. The van der Waals surface area contributed by atoms with Crippen molar-refractivity contribution in [3.63, 3.8) is 0 Å². The maximum Gasteiger partial charge on any atom is 0.163 e. The first-order valence-corrected chi connectivity index (χ1v) is 14.6. The van der Waals surface area contributed by atoms with Gasteiger partial charge in [0, 0.05) is 18.3 Å². The van der Waals surface area contributed by atoms with Gasteiger partial charge in [-0.25, -0.2) is 0 Å². The van der Waals surface area contributed by atoms with E-state index in [4.69, 9.17) is 0 Å². The van der Waals surface area contributed by atoms with Gasteiger partial charge in [-0.15, -0.1) is 0 Å². The topological polar surface area (TPSA) is 54.4 Å². The van der Waals surface area contributed by atoms with Gasteiger partial charge in [-0.05, 0) is 110 Å². The minimum Gasteiger partial charge on any atom is -0.383 e. The van der Waals surface area contributed by atoms with Crippen LogP contribution in [0.3, 0.4) is 0 Å². The van der Waals surface area contributed by atoms with Crippen molar-refractivity contribution in [2.75, 3.05) is 0 Å². The minimum absolute atomic E-state index is 0.0286. The van der Waals surface area contributed by atoms with Gasteiger partial charge in [-0.1, -0.05) is 55.4 Å². The number of rotatable bonds is 5. The van der Waals surface area contributed by atoms with Gasteiger partial charge in [0.15, 0.2) is 5.78 Å². The highest BCUT2D eigenvalue weighted by molar-refractivity contribution is 5.86. The molecule has 0 saturated heterocycles. The normalized spacial score (nSPS) is 48.0. The van der Waals surface area contributed by atoms with Crippen molar-refractivity contribution in [1.82, 2.24) is 0 Å². The highest BCUT2D eigenvalue weighted by Gasteiger charge is 2.76. The van der Waals surface area contributed by atoms with Gasteiger partial charge < -0.3 is 5.11 Å². The van der Waals surface area contributed by atoms with Crippen molar-refractivity contribution in [2.24, 2.45) is 50.2 Å². The van der Waals surface area contributed by atoms with Crippen molar-refractivity contribution in [1.29, 1.82) is 0 Å². The molecule has 4 rings (SSSR count). The standard InChI is InChI=1S/C32H54O3/c1-21(11-12-25(34)27(4,5)35)22-13-17-30(8)28(22,6)19-20-31(9)29(7)16-15-24(33)26(2,3)23(29)14-18-32(30,31)10/h21-23,35H,11-20H2,1-10H3/t21?,22?,23-,28+,29-,30+,31?,32?/m0/s1. The third-order valence-electron chi connectivity index (χ3n) is 14.2. The fourth-order valence-electron chi connectivity index (χ4n) is 11.1. The van der Waals surface area contributed by atoms with E-state index in [0.29, 0.717) is 30.0 Å². The van der Waals surface area contributed by atoms with Gasteiger partial charge in [0.1, 0.15) is 11.4 Å². The predicted molar refractivity (Wildman–Crippen MR) is 143 cm³/mol. The first-order valence-electron chi connectivity index (χ1n) is 14.6. The van der Waals surface area contributed by atoms with Crippen LogP contribution in [0.4, 0.5) is 0 Å². The monoisotopic (exact) mass is 486 g/mol. The summed E-state index contributed by atoms with van der Waals surface area (Å²) in [6, 6.07) is 0. The van der Waals surface area contributed by atoms with Gasteiger partial charge >= 0.3 is 0 Å². The first kappa shape index (κ1) is 27.3. The van der Waals surface area contributed by atoms with E-state index in [0.717, 1.165) is 19.3 Å². The fraction of sp³-hybridized carbons (Fsp3) is 0.938. The van der Waals surface area contributed by atoms with E-state index in [1.54, 1.807) is 13.8 Å². The van der Waals surface area contributed by atoms with Crippen LogP contribution in [-0.2, 0) is 9.59 Å². The number of aliphatic hydroxyl groups is 1. The second-order valence-electron chi connectivity index (χ2n) is 15.7. The van der Waals surface area contributed by atoms with Crippen LogP contribution in [-0.4, -0.2) is 22.3 Å². The van der Waals surface area contributed by atoms with E-state index >= 15 is 0 Å². The average Bonchev–Trinajstić information content (AvgIpc) is 3.03. The third kappa shape index (κ3) is 3.31. The lowest BCUT2D eigenvalue weighted by Crippen LogP contribution is -2.70. The van der Waals surface area contributed by atoms with E-state index in [-0.39, 0.29) is 38.3 Å². The van der Waals surface area contributed by atoms with Crippen molar-refractivity contribution < 1.29 is 14.7 Å². The van der Waals surface area contributed by atoms with Crippen LogP contribution in [0.5, 0.6) is 0 Å². The Balaban J connectivity index is 1.66. The van der Waals surface area contributed by atoms with E-state index in [9.17, 15) is 14.7 Å². The highest BCUT2D eigenvalue weighted by Crippen LogP contribution is 2.83. The lowest BCUT2D eigenvalue weighted by Gasteiger charge is -2.76. The van der Waals surface area contributed by atoms with Crippen LogP contribution in [0.25, 0.3) is 0 Å². The summed E-state index contributed by atoms with van der Waals surface area (Å²) in [4.78, 5) is 25.5. The van der Waals surface area contributed by atoms with Crippen LogP contribution in [0, 0.1) is 50.2 Å². The minimum atomic E-state index is -1.23. The van der Waals surface area contributed by atoms with Crippen molar-refractivity contribution in [3.05, 3.63) is 0 Å². The van der Waals surface area contributed by atoms with Crippen molar-refractivity contribution in [2.45, 2.75) is 139 Å². The van der Waals surface area contributed by atoms with Crippen LogP contribution < -0.4 is 0 Å². The van der Waals surface area contributed by atoms with Crippen LogP contribution in [0.15, 0.2) is 0 Å². The van der Waals surface area contributed by atoms with Crippen molar-refractivity contribution in [3.8, 4) is 0 Å². The van der Waals surface area contributed by atoms with Crippen LogP contribution in [0.1, 0.15) is 133 Å². The molecule has 0 aromatic rings. The Morgan fingerprint density at radius 2 is 1.46 bits per heavy atom. The van der Waals surface area contributed by atoms with Gasteiger partial charge in [-0.2, -0.15) is 0 Å². The molecule has 8 atom stereocenters. The Morgan fingerprint density at radius 1 is 0.886 bits per heavy atom. The molecule has 3 nitrogen and oxygen atoms in total. The molecule has 4 aliphatic rings. The Labute approximate surface area is 215 Å². The summed E-state index contributed by atoms with van der Waals surface area (Å²) in [5.74, 6) is 2.04. The number of ketones is 2. The van der Waals surface area contributed by atoms with Gasteiger partial charge in [0.25, 0.3) is 0 Å². The zero-order chi connectivity index (χ0) is 26.5. The summed E-state index contributed by atoms with van der Waals surface area (Å²) in [6.07, 6.45) is 10.6. The molecule has 35 heavy (non-hydrogen) atoms. The maximum absolute atomic E-state index is 13.0. The molecule has 4 fully saturated rings. The molecule has 4 aliphatic carbocycles. The zero-order valence-corrected chi connectivity index (χ0v) is 24.6. The van der Waals surface area contributed by atoms with E-state index in [1.165, 1.54) is 38.5 Å². The third-order valence-corrected chi connectivity index (χ3v) is 14.2. The van der Waals surface area contributed by atoms with Crippen molar-refractivity contribution >= 4 is 11.6 Å². The van der Waals surface area contributed by atoms with Gasteiger partial charge in [0.05, 0.1) is 0 Å². The molecule has 4 unspecified atom stereocenters. The summed E-state index contributed by atoms with van der Waals surface area (Å²) in [5.41, 5.74) is -0.246. The number of hydrogen-bond donors (Lipinski definition) is 1.